The predicted octanol–water partition coefficient (Wildman–Crippen LogP) is 1.50. The number of ether oxygens (including phenoxy) is 2. The zero-order valence-electron chi connectivity index (χ0n) is 8.59. The van der Waals surface area contributed by atoms with Crippen molar-refractivity contribution in [2.75, 3.05) is 13.6 Å². The van der Waals surface area contributed by atoms with Crippen molar-refractivity contribution in [2.45, 2.75) is 0 Å². The molecular formula is C12H12O4. The molecule has 0 unspecified atom stereocenters. The van der Waals surface area contributed by atoms with Crippen LogP contribution in [0, 0.1) is 0 Å². The lowest BCUT2D eigenvalue weighted by atomic mass is 10.1. The Labute approximate surface area is 92.7 Å². The summed E-state index contributed by atoms with van der Waals surface area (Å²) in [6.45, 7) is -0.865. The molecule has 2 aromatic rings. The maximum atomic E-state index is 8.83. The van der Waals surface area contributed by atoms with E-state index in [9.17, 15) is 0 Å². The van der Waals surface area contributed by atoms with E-state index in [2.05, 4.69) is 0 Å². The summed E-state index contributed by atoms with van der Waals surface area (Å²) in [4.78, 5) is 0. The van der Waals surface area contributed by atoms with Gasteiger partial charge in [0.2, 0.25) is 0 Å². The van der Waals surface area contributed by atoms with Gasteiger partial charge < -0.3 is 19.7 Å². The Morgan fingerprint density at radius 3 is 2.38 bits per heavy atom. The van der Waals surface area contributed by atoms with Gasteiger partial charge in [0.1, 0.15) is 0 Å². The topological polar surface area (TPSA) is 58.9 Å². The second kappa shape index (κ2) is 4.83. The van der Waals surface area contributed by atoms with Gasteiger partial charge in [-0.25, -0.2) is 0 Å². The molecule has 0 bridgehead atoms. The Hall–Kier alpha value is -1.78. The van der Waals surface area contributed by atoms with E-state index in [1.54, 1.807) is 6.07 Å². The first-order valence-electron chi connectivity index (χ1n) is 4.86. The van der Waals surface area contributed by atoms with Gasteiger partial charge in [-0.15, -0.1) is 0 Å². The maximum absolute atomic E-state index is 8.83. The largest absolute Gasteiger partial charge is 0.464 e. The van der Waals surface area contributed by atoms with Gasteiger partial charge in [-0.05, 0) is 11.5 Å². The zero-order chi connectivity index (χ0) is 11.4. The highest BCUT2D eigenvalue weighted by Gasteiger charge is 2.09. The highest BCUT2D eigenvalue weighted by atomic mass is 16.6. The molecule has 0 heterocycles. The minimum Gasteiger partial charge on any atom is -0.464 e. The van der Waals surface area contributed by atoms with Crippen molar-refractivity contribution in [3.63, 3.8) is 0 Å². The molecule has 0 aliphatic heterocycles. The van der Waals surface area contributed by atoms with Gasteiger partial charge >= 0.3 is 0 Å². The zero-order valence-corrected chi connectivity index (χ0v) is 8.59. The van der Waals surface area contributed by atoms with Gasteiger partial charge in [0, 0.05) is 5.39 Å². The fourth-order valence-corrected chi connectivity index (χ4v) is 1.62. The fourth-order valence-electron chi connectivity index (χ4n) is 1.62. The van der Waals surface area contributed by atoms with E-state index in [0.717, 1.165) is 10.8 Å². The molecule has 0 radical (unpaired) electrons. The summed E-state index contributed by atoms with van der Waals surface area (Å²) >= 11 is 0. The summed E-state index contributed by atoms with van der Waals surface area (Å²) in [6.07, 6.45) is 0. The fraction of sp³-hybridized carbons (Fsp3) is 0.167. The molecule has 4 nitrogen and oxygen atoms in total. The summed E-state index contributed by atoms with van der Waals surface area (Å²) in [5.41, 5.74) is 0. The lowest BCUT2D eigenvalue weighted by Gasteiger charge is -2.12. The minimum atomic E-state index is -0.435. The number of hydrogen-bond acceptors (Lipinski definition) is 4. The van der Waals surface area contributed by atoms with E-state index in [-0.39, 0.29) is 0 Å². The summed E-state index contributed by atoms with van der Waals surface area (Å²) in [7, 11) is 0. The number of benzene rings is 2. The average molecular weight is 220 g/mol. The second-order valence-electron chi connectivity index (χ2n) is 3.16. The van der Waals surface area contributed by atoms with Gasteiger partial charge in [0.05, 0.1) is 0 Å². The first-order valence-corrected chi connectivity index (χ1v) is 4.86. The molecular weight excluding hydrogens is 208 g/mol. The van der Waals surface area contributed by atoms with Crippen molar-refractivity contribution in [1.82, 2.24) is 0 Å². The molecule has 0 saturated heterocycles. The van der Waals surface area contributed by atoms with Crippen LogP contribution in [-0.2, 0) is 0 Å². The third kappa shape index (κ3) is 1.93. The number of hydrogen-bond donors (Lipinski definition) is 2. The average Bonchev–Trinajstić information content (AvgIpc) is 2.32. The molecule has 0 saturated carbocycles. The monoisotopic (exact) mass is 220 g/mol. The van der Waals surface area contributed by atoms with Gasteiger partial charge in [-0.2, -0.15) is 0 Å². The van der Waals surface area contributed by atoms with Crippen molar-refractivity contribution >= 4 is 10.8 Å². The molecule has 84 valence electrons. The Morgan fingerprint density at radius 2 is 1.62 bits per heavy atom. The maximum Gasteiger partial charge on any atom is 0.186 e. The van der Waals surface area contributed by atoms with Crippen LogP contribution in [0.25, 0.3) is 10.8 Å². The summed E-state index contributed by atoms with van der Waals surface area (Å²) in [5, 5.41) is 19.4. The molecule has 0 spiro atoms. The number of rotatable bonds is 4. The van der Waals surface area contributed by atoms with E-state index >= 15 is 0 Å². The Bertz CT molecular complexity index is 481. The number of aliphatic hydroxyl groups excluding tert-OH is 2. The lowest BCUT2D eigenvalue weighted by Crippen LogP contribution is -2.01. The number of fused-ring (bicyclic) bond motifs is 1. The van der Waals surface area contributed by atoms with Gasteiger partial charge in [-0.3, -0.25) is 0 Å². The highest BCUT2D eigenvalue weighted by Crippen LogP contribution is 2.35. The normalized spacial score (nSPS) is 10.4. The Kier molecular flexibility index (Phi) is 3.24. The molecule has 0 aromatic heterocycles. The van der Waals surface area contributed by atoms with Crippen LogP contribution in [0.3, 0.4) is 0 Å². The molecule has 0 amide bonds. The van der Waals surface area contributed by atoms with Crippen LogP contribution in [0.1, 0.15) is 0 Å². The van der Waals surface area contributed by atoms with E-state index in [0.29, 0.717) is 11.5 Å². The van der Waals surface area contributed by atoms with Gasteiger partial charge in [0.25, 0.3) is 0 Å². The van der Waals surface area contributed by atoms with E-state index in [4.69, 9.17) is 19.7 Å². The third-order valence-electron chi connectivity index (χ3n) is 2.27. The molecule has 2 rings (SSSR count). The molecule has 0 aliphatic rings. The molecule has 0 atom stereocenters. The first kappa shape index (κ1) is 10.7. The van der Waals surface area contributed by atoms with Gasteiger partial charge in [-0.1, -0.05) is 30.3 Å². The molecule has 2 aromatic carbocycles. The van der Waals surface area contributed by atoms with Crippen molar-refractivity contribution in [1.29, 1.82) is 0 Å². The summed E-state index contributed by atoms with van der Waals surface area (Å²) < 4.78 is 10.1. The third-order valence-corrected chi connectivity index (χ3v) is 2.27. The molecule has 0 aliphatic carbocycles. The quantitative estimate of drug-likeness (QED) is 0.766. The highest BCUT2D eigenvalue weighted by molar-refractivity contribution is 5.90. The molecule has 4 heteroatoms. The molecule has 0 fully saturated rings. The first-order chi connectivity index (χ1) is 7.86. The van der Waals surface area contributed by atoms with Crippen LogP contribution in [0.5, 0.6) is 11.5 Å². The summed E-state index contributed by atoms with van der Waals surface area (Å²) in [6, 6.07) is 11.1. The van der Waals surface area contributed by atoms with E-state index in [1.165, 1.54) is 0 Å². The van der Waals surface area contributed by atoms with Crippen LogP contribution in [0.4, 0.5) is 0 Å². The molecule has 16 heavy (non-hydrogen) atoms. The van der Waals surface area contributed by atoms with Crippen LogP contribution in [0.2, 0.25) is 0 Å². The van der Waals surface area contributed by atoms with Crippen molar-refractivity contribution in [3.05, 3.63) is 36.4 Å². The smallest absolute Gasteiger partial charge is 0.186 e. The van der Waals surface area contributed by atoms with Crippen LogP contribution in [-0.4, -0.2) is 23.8 Å². The van der Waals surface area contributed by atoms with Crippen LogP contribution < -0.4 is 9.47 Å². The van der Waals surface area contributed by atoms with E-state index in [1.807, 2.05) is 30.3 Å². The van der Waals surface area contributed by atoms with Crippen molar-refractivity contribution in [3.8, 4) is 11.5 Å². The SMILES string of the molecule is OCOc1ccc2ccccc2c1OCO. The van der Waals surface area contributed by atoms with Crippen LogP contribution in [0.15, 0.2) is 36.4 Å². The predicted molar refractivity (Wildman–Crippen MR) is 59.4 cm³/mol. The van der Waals surface area contributed by atoms with E-state index < -0.39 is 13.6 Å². The Balaban J connectivity index is 2.58. The summed E-state index contributed by atoms with van der Waals surface area (Å²) in [5.74, 6) is 0.852. The second-order valence-corrected chi connectivity index (χ2v) is 3.16. The van der Waals surface area contributed by atoms with Gasteiger partial charge in [0.15, 0.2) is 25.1 Å². The van der Waals surface area contributed by atoms with Crippen LogP contribution >= 0.6 is 0 Å². The van der Waals surface area contributed by atoms with Crippen molar-refractivity contribution < 1.29 is 19.7 Å². The standard InChI is InChI=1S/C12H12O4/c13-7-15-11-6-5-9-3-1-2-4-10(9)12(11)16-8-14/h1-6,13-14H,7-8H2. The Morgan fingerprint density at radius 1 is 0.875 bits per heavy atom. The molecule has 2 N–H and O–H groups in total. The lowest BCUT2D eigenvalue weighted by molar-refractivity contribution is 0.0756. The number of aliphatic hydroxyl groups is 2. The minimum absolute atomic E-state index is 0.412. The van der Waals surface area contributed by atoms with Crippen molar-refractivity contribution in [2.24, 2.45) is 0 Å².